The van der Waals surface area contributed by atoms with Crippen molar-refractivity contribution in [3.8, 4) is 0 Å². The number of benzene rings is 3. The molecule has 0 aliphatic heterocycles. The zero-order valence-electron chi connectivity index (χ0n) is 14.3. The van der Waals surface area contributed by atoms with Crippen LogP contribution in [0.2, 0.25) is 0 Å². The summed E-state index contributed by atoms with van der Waals surface area (Å²) < 4.78 is 0. The first-order chi connectivity index (χ1) is 12.1. The van der Waals surface area contributed by atoms with E-state index in [1.165, 1.54) is 0 Å². The fourth-order valence-corrected chi connectivity index (χ4v) is 3.43. The number of nitrogens with zero attached hydrogens (tertiary/aromatic N) is 1. The summed E-state index contributed by atoms with van der Waals surface area (Å²) in [6, 6.07) is 24.2. The number of hydrogen-bond donors (Lipinski definition) is 0. The standard InChI is InChI=1S/C21H21NS3.Ga/c23-19-10-4-1-7-16(19)13-22(14-17-8-2-5-11-20(17)24)15-18-9-3-6-12-21(18)25;/h1-12,23-25H,13-15H2;/q;+3/p-3/i;1-2. The Balaban J connectivity index is 0.00000243. The maximum Gasteiger partial charge on any atom is 3.00 e. The predicted octanol–water partition coefficient (Wildman–Crippen LogP) is 4.23. The van der Waals surface area contributed by atoms with E-state index in [2.05, 4.69) is 23.1 Å². The molecule has 0 aliphatic carbocycles. The van der Waals surface area contributed by atoms with E-state index in [9.17, 15) is 0 Å². The Morgan fingerprint density at radius 2 is 0.769 bits per heavy atom. The molecule has 0 unspecified atom stereocenters. The summed E-state index contributed by atoms with van der Waals surface area (Å²) in [4.78, 5) is 5.03. The smallest absolute Gasteiger partial charge is 0.779 e. The molecule has 5 heteroatoms. The normalized spacial score (nSPS) is 10.5. The first-order valence-electron chi connectivity index (χ1n) is 8.10. The number of hydrogen-bond acceptors (Lipinski definition) is 4. The molecule has 3 aromatic rings. The van der Waals surface area contributed by atoms with Crippen molar-refractivity contribution >= 4 is 57.7 Å². The van der Waals surface area contributed by atoms with E-state index < -0.39 is 0 Å². The molecular weight excluding hydrogens is 430 g/mol. The van der Waals surface area contributed by atoms with Crippen LogP contribution < -0.4 is 0 Å². The van der Waals surface area contributed by atoms with Crippen molar-refractivity contribution in [2.24, 2.45) is 0 Å². The van der Waals surface area contributed by atoms with Crippen LogP contribution in [0.4, 0.5) is 0 Å². The summed E-state index contributed by atoms with van der Waals surface area (Å²) in [6.45, 7) is 2.31. The van der Waals surface area contributed by atoms with E-state index in [0.717, 1.165) is 51.0 Å². The van der Waals surface area contributed by atoms with Gasteiger partial charge in [-0.2, -0.15) is 14.7 Å². The van der Waals surface area contributed by atoms with E-state index in [-0.39, 0.29) is 19.8 Å². The van der Waals surface area contributed by atoms with Crippen molar-refractivity contribution in [1.29, 1.82) is 0 Å². The molecule has 0 saturated carbocycles. The van der Waals surface area contributed by atoms with Gasteiger partial charge in [-0.25, -0.2) is 0 Å². The third-order valence-corrected chi connectivity index (χ3v) is 5.29. The molecule has 0 heterocycles. The molecule has 1 nitrogen and oxygen atoms in total. The molecule has 0 N–H and O–H groups in total. The summed E-state index contributed by atoms with van der Waals surface area (Å²) in [5.41, 5.74) is 3.46. The van der Waals surface area contributed by atoms with Gasteiger partial charge in [0.2, 0.25) is 0 Å². The average molecular weight is 449 g/mol. The average Bonchev–Trinajstić information content (AvgIpc) is 2.61. The van der Waals surface area contributed by atoms with Gasteiger partial charge < -0.3 is 37.9 Å². The molecule has 0 amide bonds. The Labute approximate surface area is 185 Å². The molecule has 0 aromatic heterocycles. The number of rotatable bonds is 6. The summed E-state index contributed by atoms with van der Waals surface area (Å²) in [5.74, 6) is 0. The molecule has 128 valence electrons. The Morgan fingerprint density at radius 1 is 0.500 bits per heavy atom. The Bertz CT molecular complexity index is 741. The maximum absolute atomic E-state index is 5.48. The van der Waals surface area contributed by atoms with Gasteiger partial charge in [0.25, 0.3) is 0 Å². The second-order valence-electron chi connectivity index (χ2n) is 5.97. The van der Waals surface area contributed by atoms with Gasteiger partial charge in [0.15, 0.2) is 0 Å². The van der Waals surface area contributed by atoms with Gasteiger partial charge in [-0.15, -0.1) is 0 Å². The van der Waals surface area contributed by atoms with Crippen molar-refractivity contribution in [1.82, 2.24) is 4.90 Å². The van der Waals surface area contributed by atoms with Gasteiger partial charge in [0.1, 0.15) is 0 Å². The van der Waals surface area contributed by atoms with E-state index in [1.54, 1.807) is 0 Å². The molecule has 0 spiro atoms. The fourth-order valence-electron chi connectivity index (χ4n) is 2.79. The van der Waals surface area contributed by atoms with Crippen molar-refractivity contribution in [3.05, 3.63) is 89.5 Å². The zero-order valence-corrected chi connectivity index (χ0v) is 19.2. The van der Waals surface area contributed by atoms with E-state index in [0.29, 0.717) is 0 Å². The van der Waals surface area contributed by atoms with Crippen LogP contribution in [0.5, 0.6) is 0 Å². The summed E-state index contributed by atoms with van der Waals surface area (Å²) in [7, 11) is 0. The molecule has 0 saturated heterocycles. The first kappa shape index (κ1) is 21.2. The zero-order chi connectivity index (χ0) is 17.6. The van der Waals surface area contributed by atoms with Crippen LogP contribution in [0.1, 0.15) is 16.7 Å². The second-order valence-corrected chi connectivity index (χ2v) is 7.29. The molecular formula is C21H18GaNS3. The monoisotopic (exact) mass is 448 g/mol. The molecule has 3 aromatic carbocycles. The minimum absolute atomic E-state index is 0. The Hall–Kier alpha value is -1.08. The largest absolute Gasteiger partial charge is 3.00 e. The van der Waals surface area contributed by atoms with Crippen molar-refractivity contribution in [2.75, 3.05) is 0 Å². The topological polar surface area (TPSA) is 3.24 Å². The summed E-state index contributed by atoms with van der Waals surface area (Å²) in [5, 5.41) is 0. The van der Waals surface area contributed by atoms with Crippen molar-refractivity contribution in [3.63, 3.8) is 0 Å². The molecule has 0 fully saturated rings. The van der Waals surface area contributed by atoms with Gasteiger partial charge in [0.05, 0.1) is 0 Å². The van der Waals surface area contributed by atoms with Gasteiger partial charge in [-0.1, -0.05) is 89.5 Å². The van der Waals surface area contributed by atoms with Gasteiger partial charge in [0, 0.05) is 19.6 Å². The Morgan fingerprint density at radius 3 is 1.04 bits per heavy atom. The van der Waals surface area contributed by atoms with Gasteiger partial charge in [-0.3, -0.25) is 4.90 Å². The third kappa shape index (κ3) is 5.71. The molecule has 0 radical (unpaired) electrons. The molecule has 26 heavy (non-hydrogen) atoms. The maximum atomic E-state index is 5.48. The summed E-state index contributed by atoms with van der Waals surface area (Å²) in [6.07, 6.45) is 0. The molecule has 0 aliphatic rings. The van der Waals surface area contributed by atoms with Crippen LogP contribution in [0.25, 0.3) is 0 Å². The van der Waals surface area contributed by atoms with Crippen LogP contribution in [-0.2, 0) is 57.5 Å². The van der Waals surface area contributed by atoms with Crippen molar-refractivity contribution < 1.29 is 0 Å². The predicted molar refractivity (Wildman–Crippen MR) is 115 cm³/mol. The fraction of sp³-hybridized carbons (Fsp3) is 0.143. The second kappa shape index (κ2) is 10.3. The molecule has 0 atom stereocenters. The molecule has 3 rings (SSSR count). The van der Waals surface area contributed by atoms with E-state index in [1.807, 2.05) is 54.6 Å². The quantitative estimate of drug-likeness (QED) is 0.410. The van der Waals surface area contributed by atoms with Gasteiger partial charge in [-0.05, 0) is 0 Å². The minimum atomic E-state index is 0. The third-order valence-electron chi connectivity index (χ3n) is 4.10. The van der Waals surface area contributed by atoms with Crippen LogP contribution in [-0.4, -0.2) is 24.7 Å². The van der Waals surface area contributed by atoms with Crippen LogP contribution in [0.3, 0.4) is 0 Å². The Kier molecular flexibility index (Phi) is 8.41. The summed E-state index contributed by atoms with van der Waals surface area (Å²) >= 11 is 16.5. The van der Waals surface area contributed by atoms with E-state index in [4.69, 9.17) is 37.9 Å². The van der Waals surface area contributed by atoms with Gasteiger partial charge >= 0.3 is 19.8 Å². The van der Waals surface area contributed by atoms with Crippen LogP contribution in [0.15, 0.2) is 87.5 Å². The van der Waals surface area contributed by atoms with E-state index >= 15 is 0 Å². The minimum Gasteiger partial charge on any atom is -0.779 e. The van der Waals surface area contributed by atoms with Crippen LogP contribution >= 0.6 is 0 Å². The molecule has 0 bridgehead atoms. The first-order valence-corrected chi connectivity index (χ1v) is 9.33. The van der Waals surface area contributed by atoms with Crippen LogP contribution in [0, 0.1) is 0 Å². The SMILES string of the molecule is [68Ga+3].[S-]c1ccccc1CN(Cc1ccccc1[S-])Cc1ccccc1[S-]. The van der Waals surface area contributed by atoms with Crippen molar-refractivity contribution in [2.45, 2.75) is 34.3 Å².